The molecular formula is C51H39Cl9N4O11. The van der Waals surface area contributed by atoms with Gasteiger partial charge in [-0.15, -0.1) is 12.4 Å². The van der Waals surface area contributed by atoms with E-state index in [-0.39, 0.29) is 51.1 Å². The van der Waals surface area contributed by atoms with E-state index in [0.717, 1.165) is 0 Å². The number of carboxylic acids is 2. The minimum Gasteiger partial charge on any atom is -0.478 e. The van der Waals surface area contributed by atoms with Crippen molar-refractivity contribution in [2.45, 2.75) is 0 Å². The zero-order chi connectivity index (χ0) is 55.2. The number of nitrogens with two attached hydrogens (primary N) is 2. The number of anilines is 4. The second-order valence-corrected chi connectivity index (χ2v) is 17.3. The molecule has 15 nitrogen and oxygen atoms in total. The molecule has 0 heterocycles. The number of rotatable bonds is 9. The van der Waals surface area contributed by atoms with Gasteiger partial charge in [-0.2, -0.15) is 0 Å². The fourth-order valence-electron chi connectivity index (χ4n) is 5.38. The predicted octanol–water partition coefficient (Wildman–Crippen LogP) is 14.4. The molecule has 0 aromatic heterocycles. The van der Waals surface area contributed by atoms with Gasteiger partial charge in [-0.25, -0.2) is 19.2 Å². The summed E-state index contributed by atoms with van der Waals surface area (Å²) in [5.74, 6) is -3.91. The summed E-state index contributed by atoms with van der Waals surface area (Å²) in [6.45, 7) is 0. The summed E-state index contributed by atoms with van der Waals surface area (Å²) in [6.07, 6.45) is 0. The number of halogens is 9. The van der Waals surface area contributed by atoms with E-state index < -0.39 is 40.9 Å². The molecule has 7 aromatic rings. The van der Waals surface area contributed by atoms with Gasteiger partial charge in [0.25, 0.3) is 17.1 Å². The van der Waals surface area contributed by atoms with E-state index in [1.165, 1.54) is 74.9 Å². The second kappa shape index (κ2) is 31.9. The van der Waals surface area contributed by atoms with Gasteiger partial charge < -0.3 is 41.8 Å². The minimum atomic E-state index is -1.10. The SMILES string of the molecule is COC(=O)c1ccc(Cl)c(N)c1.COC(=O)c1ccc(Cl)c(NC(=O)c2ccccc2Cl)c1.Cl.Nc1cc(C(=O)O)ccc1Cl.O=C(Cl)c1ccccc1Cl.O=C(O)c1ccc(Cl)c(NC(=O)c2ccccc2Cl)c1. The highest BCUT2D eigenvalue weighted by atomic mass is 35.5. The standard InChI is InChI=1S/C15H11Cl2NO3.C14H9Cl2NO3.C8H8ClNO2.C7H4Cl2O.C7H6ClNO2.ClH/c1-21-15(20)9-6-7-12(17)13(8-9)18-14(19)10-4-2-3-5-11(10)16;15-10-4-2-1-3-9(10)13(18)17-12-7-8(14(19)20)5-6-11(12)16;1-12-8(11)5-2-3-6(9)7(10)4-5;8-6-4-2-1-3-5(6)7(9)10;8-5-2-1-4(7(10)11)3-6(5)9;/h2-8H,1H3,(H,18,19);1-7H,(H,17,18)(H,19,20);2-4H,10H2,1H3;1-4H;1-3H,9H2,(H,10,11);1H. The number of carbonyl (C=O) groups excluding carboxylic acids is 5. The lowest BCUT2D eigenvalue weighted by atomic mass is 10.1. The second-order valence-electron chi connectivity index (χ2n) is 14.1. The normalized spacial score (nSPS) is 9.68. The van der Waals surface area contributed by atoms with Crippen LogP contribution >= 0.6 is 105 Å². The fraction of sp³-hybridized carbons (Fsp3) is 0.0392. The van der Waals surface area contributed by atoms with Crippen molar-refractivity contribution in [3.63, 3.8) is 0 Å². The van der Waals surface area contributed by atoms with Crippen LogP contribution in [0.5, 0.6) is 0 Å². The number of carboxylic acid groups (broad SMARTS) is 2. The van der Waals surface area contributed by atoms with E-state index in [0.29, 0.717) is 58.2 Å². The Morgan fingerprint density at radius 1 is 0.413 bits per heavy atom. The lowest BCUT2D eigenvalue weighted by Crippen LogP contribution is -2.13. The van der Waals surface area contributed by atoms with Gasteiger partial charge in [0.2, 0.25) is 0 Å². The molecule has 0 fully saturated rings. The molecule has 0 aliphatic rings. The molecule has 8 N–H and O–H groups in total. The van der Waals surface area contributed by atoms with Crippen molar-refractivity contribution in [1.29, 1.82) is 0 Å². The topological polar surface area (TPSA) is 255 Å². The van der Waals surface area contributed by atoms with Gasteiger partial charge in [0.15, 0.2) is 0 Å². The van der Waals surface area contributed by atoms with Crippen LogP contribution in [0.3, 0.4) is 0 Å². The smallest absolute Gasteiger partial charge is 0.337 e. The quantitative estimate of drug-likeness (QED) is 0.0447. The van der Waals surface area contributed by atoms with Crippen LogP contribution in [0.4, 0.5) is 22.7 Å². The van der Waals surface area contributed by atoms with Gasteiger partial charge >= 0.3 is 23.9 Å². The number of ether oxygens (including phenoxy) is 2. The van der Waals surface area contributed by atoms with E-state index in [9.17, 15) is 33.6 Å². The molecule has 0 radical (unpaired) electrons. The molecule has 0 saturated heterocycles. The molecule has 7 rings (SSSR count). The zero-order valence-corrected chi connectivity index (χ0v) is 45.4. The number of amides is 2. The Morgan fingerprint density at radius 2 is 0.707 bits per heavy atom. The summed E-state index contributed by atoms with van der Waals surface area (Å²) in [5, 5.41) is 24.4. The molecule has 0 bridgehead atoms. The van der Waals surface area contributed by atoms with Gasteiger partial charge in [-0.1, -0.05) is 118 Å². The molecule has 7 aromatic carbocycles. The summed E-state index contributed by atoms with van der Waals surface area (Å²) in [6, 6.07) is 37.1. The molecule has 24 heteroatoms. The van der Waals surface area contributed by atoms with Gasteiger partial charge in [0.05, 0.1) is 111 Å². The van der Waals surface area contributed by atoms with Crippen LogP contribution in [-0.2, 0) is 9.47 Å². The van der Waals surface area contributed by atoms with Crippen molar-refractivity contribution < 1.29 is 53.2 Å². The number of benzene rings is 7. The van der Waals surface area contributed by atoms with Crippen molar-refractivity contribution >= 4 is 169 Å². The fourth-order valence-corrected chi connectivity index (χ4v) is 6.82. The van der Waals surface area contributed by atoms with E-state index in [1.54, 1.807) is 84.9 Å². The summed E-state index contributed by atoms with van der Waals surface area (Å²) in [5.41, 5.74) is 13.8. The molecule has 75 heavy (non-hydrogen) atoms. The number of nitrogens with one attached hydrogen (secondary N) is 2. The predicted molar refractivity (Wildman–Crippen MR) is 299 cm³/mol. The number of hydrogen-bond acceptors (Lipinski definition) is 11. The Morgan fingerprint density at radius 3 is 1.03 bits per heavy atom. The Balaban J connectivity index is 0.000000331. The van der Waals surface area contributed by atoms with E-state index >= 15 is 0 Å². The molecule has 0 unspecified atom stereocenters. The Bertz CT molecular complexity index is 3200. The van der Waals surface area contributed by atoms with Crippen molar-refractivity contribution in [1.82, 2.24) is 0 Å². The molecule has 0 saturated carbocycles. The highest BCUT2D eigenvalue weighted by Gasteiger charge is 2.16. The summed E-state index contributed by atoms with van der Waals surface area (Å²) >= 11 is 45.8. The Hall–Kier alpha value is -6.76. The van der Waals surface area contributed by atoms with Crippen molar-refractivity contribution in [3.8, 4) is 0 Å². The van der Waals surface area contributed by atoms with Crippen molar-refractivity contribution in [2.24, 2.45) is 0 Å². The molecule has 0 aliphatic heterocycles. The molecular weight excluding hydrogens is 1160 g/mol. The highest BCUT2D eigenvalue weighted by Crippen LogP contribution is 2.27. The highest BCUT2D eigenvalue weighted by molar-refractivity contribution is 6.68. The number of aromatic carboxylic acids is 2. The van der Waals surface area contributed by atoms with Crippen molar-refractivity contribution in [2.75, 3.05) is 36.3 Å². The van der Waals surface area contributed by atoms with Crippen LogP contribution in [0.15, 0.2) is 146 Å². The number of carbonyl (C=O) groups is 7. The minimum absolute atomic E-state index is 0. The molecule has 392 valence electrons. The summed E-state index contributed by atoms with van der Waals surface area (Å²) in [7, 11) is 2.59. The number of nitrogen functional groups attached to an aromatic ring is 2. The molecule has 0 aliphatic carbocycles. The van der Waals surface area contributed by atoms with Gasteiger partial charge in [0, 0.05) is 0 Å². The van der Waals surface area contributed by atoms with E-state index in [2.05, 4.69) is 20.1 Å². The first-order valence-electron chi connectivity index (χ1n) is 20.4. The third-order valence-corrected chi connectivity index (χ3v) is 11.6. The molecule has 2 amide bonds. The first-order valence-corrected chi connectivity index (χ1v) is 23.4. The van der Waals surface area contributed by atoms with Crippen LogP contribution in [-0.4, -0.2) is 65.4 Å². The largest absolute Gasteiger partial charge is 0.478 e. The van der Waals surface area contributed by atoms with Gasteiger partial charge in [-0.05, 0) is 121 Å². The summed E-state index contributed by atoms with van der Waals surface area (Å²) in [4.78, 5) is 78.5. The van der Waals surface area contributed by atoms with Crippen LogP contribution in [0.2, 0.25) is 35.2 Å². The van der Waals surface area contributed by atoms with E-state index in [4.69, 9.17) is 114 Å². The maximum absolute atomic E-state index is 12.2. The van der Waals surface area contributed by atoms with Crippen LogP contribution in [0, 0.1) is 0 Å². The average Bonchev–Trinajstić information content (AvgIpc) is 3.37. The van der Waals surface area contributed by atoms with E-state index in [1.807, 2.05) is 0 Å². The van der Waals surface area contributed by atoms with Crippen LogP contribution in [0.1, 0.15) is 72.5 Å². The van der Waals surface area contributed by atoms with Crippen molar-refractivity contribution in [3.05, 3.63) is 220 Å². The van der Waals surface area contributed by atoms with Crippen LogP contribution < -0.4 is 22.1 Å². The maximum atomic E-state index is 12.2. The maximum Gasteiger partial charge on any atom is 0.337 e. The number of hydrogen-bond donors (Lipinski definition) is 6. The van der Waals surface area contributed by atoms with Gasteiger partial charge in [0.1, 0.15) is 0 Å². The Kier molecular flexibility index (Phi) is 27.3. The molecule has 0 spiro atoms. The number of esters is 2. The lowest BCUT2D eigenvalue weighted by molar-refractivity contribution is 0.0592. The monoisotopic (exact) mass is 1200 g/mol. The third-order valence-electron chi connectivity index (χ3n) is 9.08. The zero-order valence-electron chi connectivity index (χ0n) is 38.5. The summed E-state index contributed by atoms with van der Waals surface area (Å²) < 4.78 is 9.12. The van der Waals surface area contributed by atoms with Gasteiger partial charge in [-0.3, -0.25) is 14.4 Å². The average molecular weight is 1200 g/mol. The first kappa shape index (κ1) is 64.4. The lowest BCUT2D eigenvalue weighted by Gasteiger charge is -2.09. The number of methoxy groups -OCH3 is 2. The first-order chi connectivity index (χ1) is 35.0. The van der Waals surface area contributed by atoms with Crippen LogP contribution in [0.25, 0.3) is 0 Å². The Labute approximate surface area is 474 Å². The third kappa shape index (κ3) is 20.5. The molecule has 0 atom stereocenters.